The first kappa shape index (κ1) is 26.7. The number of aliphatic hydroxyl groups is 3. The number of rotatable bonds is 5. The molecular formula is C26H45FN4O5. The first-order valence-corrected chi connectivity index (χ1v) is 14.2. The minimum absolute atomic E-state index is 0.0122. The predicted molar refractivity (Wildman–Crippen MR) is 131 cm³/mol. The molecule has 0 bridgehead atoms. The lowest BCUT2D eigenvalue weighted by molar-refractivity contribution is -0.251. The van der Waals surface area contributed by atoms with Crippen molar-refractivity contribution in [1.82, 2.24) is 20.9 Å². The van der Waals surface area contributed by atoms with Gasteiger partial charge in [0.15, 0.2) is 6.23 Å². The first-order valence-electron chi connectivity index (χ1n) is 14.2. The van der Waals surface area contributed by atoms with E-state index in [9.17, 15) is 24.5 Å². The van der Waals surface area contributed by atoms with Gasteiger partial charge in [-0.25, -0.2) is 14.8 Å². The van der Waals surface area contributed by atoms with Gasteiger partial charge in [-0.3, -0.25) is 4.79 Å². The Bertz CT molecular complexity index is 764. The van der Waals surface area contributed by atoms with Crippen LogP contribution in [0.4, 0.5) is 4.39 Å². The van der Waals surface area contributed by atoms with Gasteiger partial charge in [0.25, 0.3) is 0 Å². The normalized spacial score (nSPS) is 46.3. The maximum Gasteiger partial charge on any atom is 0.227 e. The zero-order valence-corrected chi connectivity index (χ0v) is 21.5. The number of aliphatic hydroxyl groups excluding tert-OH is 3. The molecular weight excluding hydrogens is 467 g/mol. The second kappa shape index (κ2) is 11.5. The number of carbonyl (C=O) groups excluding carboxylic acids is 1. The Labute approximate surface area is 213 Å². The fourth-order valence-electron chi connectivity index (χ4n) is 7.75. The van der Waals surface area contributed by atoms with Crippen LogP contribution in [-0.4, -0.2) is 94.1 Å². The van der Waals surface area contributed by atoms with Gasteiger partial charge in [-0.15, -0.1) is 0 Å². The largest absolute Gasteiger partial charge is 0.394 e. The van der Waals surface area contributed by atoms with E-state index in [0.717, 1.165) is 38.0 Å². The van der Waals surface area contributed by atoms with Crippen LogP contribution in [0, 0.1) is 23.7 Å². The number of hydrazine groups is 2. The third-order valence-electron chi connectivity index (χ3n) is 9.85. The summed E-state index contributed by atoms with van der Waals surface area (Å²) in [7, 11) is 1.66. The monoisotopic (exact) mass is 512 g/mol. The molecule has 5 rings (SSSR count). The summed E-state index contributed by atoms with van der Waals surface area (Å²) >= 11 is 0. The van der Waals surface area contributed by atoms with Crippen molar-refractivity contribution in [3.05, 3.63) is 0 Å². The molecule has 0 aromatic carbocycles. The Hall–Kier alpha value is -0.880. The van der Waals surface area contributed by atoms with E-state index in [2.05, 4.69) is 11.0 Å². The van der Waals surface area contributed by atoms with E-state index in [1.165, 1.54) is 30.6 Å². The van der Waals surface area contributed by atoms with E-state index < -0.39 is 43.4 Å². The molecule has 206 valence electrons. The number of nitrogens with one attached hydrogen (secondary N) is 2. The minimum atomic E-state index is -1.18. The molecule has 36 heavy (non-hydrogen) atoms. The fourth-order valence-corrected chi connectivity index (χ4v) is 7.75. The maximum atomic E-state index is 14.0. The number of hydrogen-bond acceptors (Lipinski definition) is 8. The van der Waals surface area contributed by atoms with Gasteiger partial charge in [0, 0.05) is 25.6 Å². The lowest BCUT2D eigenvalue weighted by Gasteiger charge is -2.48. The molecule has 2 aliphatic heterocycles. The van der Waals surface area contributed by atoms with E-state index >= 15 is 0 Å². The van der Waals surface area contributed by atoms with Crippen LogP contribution in [0.15, 0.2) is 0 Å². The Morgan fingerprint density at radius 2 is 1.75 bits per heavy atom. The quantitative estimate of drug-likeness (QED) is 0.372. The molecule has 3 saturated carbocycles. The first-order chi connectivity index (χ1) is 17.4. The Kier molecular flexibility index (Phi) is 8.51. The van der Waals surface area contributed by atoms with E-state index in [0.29, 0.717) is 25.3 Å². The summed E-state index contributed by atoms with van der Waals surface area (Å²) < 4.78 is 19.9. The van der Waals surface area contributed by atoms with Crippen molar-refractivity contribution in [3.8, 4) is 0 Å². The summed E-state index contributed by atoms with van der Waals surface area (Å²) in [6, 6.07) is -0.811. The van der Waals surface area contributed by atoms with Crippen molar-refractivity contribution in [1.29, 1.82) is 0 Å². The van der Waals surface area contributed by atoms with Crippen LogP contribution in [0.3, 0.4) is 0 Å². The zero-order valence-electron chi connectivity index (χ0n) is 21.5. The Morgan fingerprint density at radius 3 is 2.50 bits per heavy atom. The third-order valence-corrected chi connectivity index (χ3v) is 9.85. The molecule has 0 spiro atoms. The number of carbonyl (C=O) groups is 1. The molecule has 6 unspecified atom stereocenters. The van der Waals surface area contributed by atoms with Gasteiger partial charge in [-0.2, -0.15) is 5.53 Å². The fraction of sp³-hybridized carbons (Fsp3) is 0.962. The number of fused-ring (bicyclic) bond motifs is 1. The van der Waals surface area contributed by atoms with Crippen molar-refractivity contribution in [2.45, 2.75) is 113 Å². The zero-order chi connectivity index (χ0) is 25.4. The number of halogens is 1. The number of likely N-dealkylation sites (N-methyl/N-ethyl adjacent to an activating group) is 1. The Morgan fingerprint density at radius 1 is 1.00 bits per heavy atom. The molecule has 9 nitrogen and oxygen atoms in total. The number of hydrogen-bond donors (Lipinski definition) is 5. The van der Waals surface area contributed by atoms with Crippen molar-refractivity contribution in [3.63, 3.8) is 0 Å². The molecule has 0 radical (unpaired) electrons. The van der Waals surface area contributed by atoms with Crippen molar-refractivity contribution in [2.24, 2.45) is 23.7 Å². The molecule has 2 saturated heterocycles. The number of nitrogens with zero attached hydrogens (tertiary/aromatic N) is 2. The standard InChI is InChI=1S/C26H45FN4O5/c1-30(25(35)18-10-9-15-5-2-3-6-16(15)11-18)26-24(34)22(23(33)21(14-32)36-26)31-13-20(28-29-31)17-7-4-8-19(27)12-17/h15-24,26,28-29,32-34H,2-14H2,1H3/t15?,16?,17?,18?,19?,20?,21-,22+,23+,24-,26-/m1/s1. The van der Waals surface area contributed by atoms with Gasteiger partial charge < -0.3 is 25.0 Å². The molecule has 5 fully saturated rings. The number of amides is 1. The van der Waals surface area contributed by atoms with Gasteiger partial charge in [-0.1, -0.05) is 32.1 Å². The molecule has 10 heteroatoms. The van der Waals surface area contributed by atoms with Crippen molar-refractivity contribution in [2.75, 3.05) is 20.2 Å². The summed E-state index contributed by atoms with van der Waals surface area (Å²) in [4.78, 5) is 15.0. The van der Waals surface area contributed by atoms with E-state index in [1.807, 2.05) is 0 Å². The topological polar surface area (TPSA) is 118 Å². The van der Waals surface area contributed by atoms with Crippen molar-refractivity contribution < 1.29 is 29.2 Å². The van der Waals surface area contributed by atoms with Crippen LogP contribution in [-0.2, 0) is 9.53 Å². The summed E-state index contributed by atoms with van der Waals surface area (Å²) in [5, 5.41) is 34.1. The maximum absolute atomic E-state index is 14.0. The van der Waals surface area contributed by atoms with Crippen LogP contribution >= 0.6 is 0 Å². The van der Waals surface area contributed by atoms with Crippen LogP contribution in [0.2, 0.25) is 0 Å². The SMILES string of the molecule is CN(C(=O)C1CCC2CCCCC2C1)[C@@H]1O[C@H](CO)[C@H](O)[C@H](N2CC(C3CCCC(F)C3)NN2)[C@H]1O. The molecule has 2 heterocycles. The van der Waals surface area contributed by atoms with E-state index in [-0.39, 0.29) is 23.8 Å². The number of ether oxygens (including phenoxy) is 1. The molecule has 5 aliphatic rings. The summed E-state index contributed by atoms with van der Waals surface area (Å²) in [5.74, 6) is 1.40. The third kappa shape index (κ3) is 5.32. The van der Waals surface area contributed by atoms with Crippen LogP contribution in [0.1, 0.15) is 70.6 Å². The average Bonchev–Trinajstić information content (AvgIpc) is 3.38. The number of alkyl halides is 1. The van der Waals surface area contributed by atoms with Gasteiger partial charge in [-0.05, 0) is 56.3 Å². The lowest BCUT2D eigenvalue weighted by Crippen LogP contribution is -2.69. The molecule has 11 atom stereocenters. The molecule has 0 aromatic rings. The highest BCUT2D eigenvalue weighted by Crippen LogP contribution is 2.43. The lowest BCUT2D eigenvalue weighted by atomic mass is 9.67. The average molecular weight is 513 g/mol. The van der Waals surface area contributed by atoms with E-state index in [1.54, 1.807) is 12.1 Å². The summed E-state index contributed by atoms with van der Waals surface area (Å²) in [6.07, 6.45) is 5.72. The van der Waals surface area contributed by atoms with Gasteiger partial charge >= 0.3 is 0 Å². The highest BCUT2D eigenvalue weighted by molar-refractivity contribution is 5.79. The summed E-state index contributed by atoms with van der Waals surface area (Å²) in [5.41, 5.74) is 6.29. The van der Waals surface area contributed by atoms with E-state index in [4.69, 9.17) is 4.74 Å². The molecule has 3 aliphatic carbocycles. The highest BCUT2D eigenvalue weighted by Gasteiger charge is 2.51. The molecule has 1 amide bonds. The molecule has 0 aromatic heterocycles. The van der Waals surface area contributed by atoms with Gasteiger partial charge in [0.2, 0.25) is 5.91 Å². The highest BCUT2D eigenvalue weighted by atomic mass is 19.1. The predicted octanol–water partition coefficient (Wildman–Crippen LogP) is 1.08. The summed E-state index contributed by atoms with van der Waals surface area (Å²) in [6.45, 7) is 0.0529. The van der Waals surface area contributed by atoms with Crippen LogP contribution < -0.4 is 11.0 Å². The van der Waals surface area contributed by atoms with Crippen LogP contribution in [0.25, 0.3) is 0 Å². The van der Waals surface area contributed by atoms with Gasteiger partial charge in [0.1, 0.15) is 24.5 Å². The van der Waals surface area contributed by atoms with Crippen LogP contribution in [0.5, 0.6) is 0 Å². The Balaban J connectivity index is 1.25. The smallest absolute Gasteiger partial charge is 0.227 e. The second-order valence-corrected chi connectivity index (χ2v) is 12.0. The van der Waals surface area contributed by atoms with Gasteiger partial charge in [0.05, 0.1) is 12.6 Å². The minimum Gasteiger partial charge on any atom is -0.394 e. The molecule has 5 N–H and O–H groups in total. The van der Waals surface area contributed by atoms with Crippen molar-refractivity contribution >= 4 is 5.91 Å². The second-order valence-electron chi connectivity index (χ2n) is 12.0.